The highest BCUT2D eigenvalue weighted by Gasteiger charge is 2.15. The molecule has 1 unspecified atom stereocenters. The number of H-pyrrole nitrogens is 1. The summed E-state index contributed by atoms with van der Waals surface area (Å²) < 4.78 is 1.70. The number of aromatic amines is 1. The molecular formula is C19H24N6O. The van der Waals surface area contributed by atoms with Crippen LogP contribution in [0.15, 0.2) is 41.3 Å². The zero-order chi connectivity index (χ0) is 17.9. The van der Waals surface area contributed by atoms with Crippen molar-refractivity contribution in [2.45, 2.75) is 19.8 Å². The molecule has 0 bridgehead atoms. The molecule has 26 heavy (non-hydrogen) atoms. The van der Waals surface area contributed by atoms with Crippen LogP contribution in [-0.2, 0) is 0 Å². The van der Waals surface area contributed by atoms with Gasteiger partial charge in [0.05, 0.1) is 11.9 Å². The molecule has 7 nitrogen and oxygen atoms in total. The van der Waals surface area contributed by atoms with Crippen molar-refractivity contribution in [2.24, 2.45) is 5.92 Å². The van der Waals surface area contributed by atoms with E-state index in [1.165, 1.54) is 25.9 Å². The lowest BCUT2D eigenvalue weighted by atomic mass is 10.1. The van der Waals surface area contributed by atoms with Gasteiger partial charge in [0.15, 0.2) is 5.65 Å². The van der Waals surface area contributed by atoms with Crippen molar-refractivity contribution in [3.63, 3.8) is 0 Å². The van der Waals surface area contributed by atoms with Gasteiger partial charge in [0.25, 0.3) is 5.56 Å². The predicted molar refractivity (Wildman–Crippen MR) is 103 cm³/mol. The van der Waals surface area contributed by atoms with E-state index >= 15 is 0 Å². The SMILES string of the molecule is CC(CNc1nc2c(cnn2-c2ccccc2)c(=O)[nH]1)CN1CCCC1. The first-order valence-corrected chi connectivity index (χ1v) is 9.20. The van der Waals surface area contributed by atoms with Crippen LogP contribution in [0.25, 0.3) is 16.7 Å². The lowest BCUT2D eigenvalue weighted by Crippen LogP contribution is -2.29. The van der Waals surface area contributed by atoms with E-state index in [4.69, 9.17) is 0 Å². The minimum Gasteiger partial charge on any atom is -0.355 e. The van der Waals surface area contributed by atoms with E-state index in [1.54, 1.807) is 10.9 Å². The second-order valence-electron chi connectivity index (χ2n) is 7.04. The van der Waals surface area contributed by atoms with Gasteiger partial charge in [-0.2, -0.15) is 10.1 Å². The summed E-state index contributed by atoms with van der Waals surface area (Å²) in [6, 6.07) is 9.72. The molecule has 1 aromatic carbocycles. The minimum absolute atomic E-state index is 0.174. The van der Waals surface area contributed by atoms with Crippen molar-refractivity contribution in [1.82, 2.24) is 24.6 Å². The first-order chi connectivity index (χ1) is 12.7. The number of nitrogens with zero attached hydrogens (tertiary/aromatic N) is 4. The molecule has 3 heterocycles. The van der Waals surface area contributed by atoms with Crippen LogP contribution in [0.3, 0.4) is 0 Å². The smallest absolute Gasteiger partial charge is 0.263 e. The van der Waals surface area contributed by atoms with Crippen LogP contribution in [0.5, 0.6) is 0 Å². The third kappa shape index (κ3) is 3.48. The number of nitrogens with one attached hydrogen (secondary N) is 2. The van der Waals surface area contributed by atoms with Gasteiger partial charge < -0.3 is 10.2 Å². The molecule has 1 atom stereocenters. The Labute approximate surface area is 152 Å². The van der Waals surface area contributed by atoms with Crippen LogP contribution in [0.4, 0.5) is 5.95 Å². The fraction of sp³-hybridized carbons (Fsp3) is 0.421. The van der Waals surface area contributed by atoms with Gasteiger partial charge in [-0.05, 0) is 44.0 Å². The van der Waals surface area contributed by atoms with Crippen molar-refractivity contribution in [1.29, 1.82) is 0 Å². The number of likely N-dealkylation sites (tertiary alicyclic amines) is 1. The molecule has 7 heteroatoms. The molecule has 1 aliphatic rings. The maximum absolute atomic E-state index is 12.4. The number of para-hydroxylation sites is 1. The number of aromatic nitrogens is 4. The molecule has 2 N–H and O–H groups in total. The Morgan fingerprint density at radius 3 is 2.77 bits per heavy atom. The maximum atomic E-state index is 12.4. The second-order valence-corrected chi connectivity index (χ2v) is 7.04. The highest BCUT2D eigenvalue weighted by molar-refractivity contribution is 5.76. The van der Waals surface area contributed by atoms with Gasteiger partial charge in [-0.25, -0.2) is 4.68 Å². The third-order valence-corrected chi connectivity index (χ3v) is 4.83. The molecule has 4 rings (SSSR count). The standard InChI is InChI=1S/C19H24N6O/c1-14(13-24-9-5-6-10-24)11-20-19-22-17-16(18(26)23-19)12-21-25(17)15-7-3-2-4-8-15/h2-4,7-8,12,14H,5-6,9-11,13H2,1H3,(H2,20,22,23,26). The number of anilines is 1. The third-order valence-electron chi connectivity index (χ3n) is 4.83. The molecule has 1 fully saturated rings. The van der Waals surface area contributed by atoms with E-state index in [1.807, 2.05) is 30.3 Å². The molecule has 1 saturated heterocycles. The Morgan fingerprint density at radius 2 is 2.00 bits per heavy atom. The molecular weight excluding hydrogens is 328 g/mol. The van der Waals surface area contributed by atoms with Crippen LogP contribution in [0, 0.1) is 5.92 Å². The average Bonchev–Trinajstić information content (AvgIpc) is 3.30. The van der Waals surface area contributed by atoms with Gasteiger partial charge >= 0.3 is 0 Å². The van der Waals surface area contributed by atoms with Gasteiger partial charge in [0, 0.05) is 13.1 Å². The van der Waals surface area contributed by atoms with Crippen molar-refractivity contribution in [2.75, 3.05) is 31.5 Å². The summed E-state index contributed by atoms with van der Waals surface area (Å²) in [5.41, 5.74) is 1.27. The second kappa shape index (κ2) is 7.29. The van der Waals surface area contributed by atoms with Crippen LogP contribution in [0.2, 0.25) is 0 Å². The van der Waals surface area contributed by atoms with E-state index in [9.17, 15) is 4.79 Å². The normalized spacial score (nSPS) is 16.2. The Kier molecular flexibility index (Phi) is 4.71. The molecule has 136 valence electrons. The zero-order valence-electron chi connectivity index (χ0n) is 15.0. The Hall–Kier alpha value is -2.67. The maximum Gasteiger partial charge on any atom is 0.263 e. The number of benzene rings is 1. The summed E-state index contributed by atoms with van der Waals surface area (Å²) in [6.45, 7) is 6.45. The van der Waals surface area contributed by atoms with Crippen molar-refractivity contribution in [3.05, 3.63) is 46.9 Å². The van der Waals surface area contributed by atoms with E-state index in [0.29, 0.717) is 22.9 Å². The van der Waals surface area contributed by atoms with E-state index in [2.05, 4.69) is 32.2 Å². The fourth-order valence-corrected chi connectivity index (χ4v) is 3.50. The molecule has 0 radical (unpaired) electrons. The quantitative estimate of drug-likeness (QED) is 0.711. The van der Waals surface area contributed by atoms with Crippen LogP contribution in [0.1, 0.15) is 19.8 Å². The largest absolute Gasteiger partial charge is 0.355 e. The topological polar surface area (TPSA) is 78.8 Å². The molecule has 2 aromatic heterocycles. The lowest BCUT2D eigenvalue weighted by Gasteiger charge is -2.20. The van der Waals surface area contributed by atoms with Gasteiger partial charge in [-0.1, -0.05) is 25.1 Å². The summed E-state index contributed by atoms with van der Waals surface area (Å²) in [7, 11) is 0. The number of fused-ring (bicyclic) bond motifs is 1. The number of rotatable bonds is 6. The predicted octanol–water partition coefficient (Wildman–Crippen LogP) is 2.25. The fourth-order valence-electron chi connectivity index (χ4n) is 3.50. The summed E-state index contributed by atoms with van der Waals surface area (Å²) in [4.78, 5) is 22.3. The highest BCUT2D eigenvalue weighted by atomic mass is 16.1. The van der Waals surface area contributed by atoms with E-state index < -0.39 is 0 Å². The van der Waals surface area contributed by atoms with Gasteiger partial charge in [-0.15, -0.1) is 0 Å². The van der Waals surface area contributed by atoms with E-state index in [-0.39, 0.29) is 5.56 Å². The van der Waals surface area contributed by atoms with Gasteiger partial charge in [0.1, 0.15) is 5.39 Å². The van der Waals surface area contributed by atoms with Crippen molar-refractivity contribution >= 4 is 17.0 Å². The van der Waals surface area contributed by atoms with Crippen molar-refractivity contribution < 1.29 is 0 Å². The lowest BCUT2D eigenvalue weighted by molar-refractivity contribution is 0.294. The molecule has 0 spiro atoms. The summed E-state index contributed by atoms with van der Waals surface area (Å²) in [5.74, 6) is 0.974. The summed E-state index contributed by atoms with van der Waals surface area (Å²) in [6.07, 6.45) is 4.16. The van der Waals surface area contributed by atoms with Crippen LogP contribution >= 0.6 is 0 Å². The molecule has 3 aromatic rings. The van der Waals surface area contributed by atoms with E-state index in [0.717, 1.165) is 18.8 Å². The first kappa shape index (κ1) is 16.8. The molecule has 0 amide bonds. The van der Waals surface area contributed by atoms with Crippen LogP contribution in [-0.4, -0.2) is 50.8 Å². The first-order valence-electron chi connectivity index (χ1n) is 9.20. The monoisotopic (exact) mass is 352 g/mol. The highest BCUT2D eigenvalue weighted by Crippen LogP contribution is 2.15. The Morgan fingerprint density at radius 1 is 1.23 bits per heavy atom. The Bertz CT molecular complexity index is 926. The molecule has 1 aliphatic heterocycles. The Balaban J connectivity index is 1.53. The number of hydrogen-bond acceptors (Lipinski definition) is 5. The van der Waals surface area contributed by atoms with Crippen molar-refractivity contribution in [3.8, 4) is 5.69 Å². The summed E-state index contributed by atoms with van der Waals surface area (Å²) in [5, 5.41) is 8.11. The van der Waals surface area contributed by atoms with Gasteiger partial charge in [0.2, 0.25) is 5.95 Å². The zero-order valence-corrected chi connectivity index (χ0v) is 15.0. The average molecular weight is 352 g/mol. The van der Waals surface area contributed by atoms with Gasteiger partial charge in [-0.3, -0.25) is 9.78 Å². The van der Waals surface area contributed by atoms with Crippen LogP contribution < -0.4 is 10.9 Å². The molecule has 0 saturated carbocycles. The number of hydrogen-bond donors (Lipinski definition) is 2. The minimum atomic E-state index is -0.174. The molecule has 0 aliphatic carbocycles. The summed E-state index contributed by atoms with van der Waals surface area (Å²) >= 11 is 0.